The van der Waals surface area contributed by atoms with Crippen LogP contribution in [0.15, 0.2) is 30.3 Å². The van der Waals surface area contributed by atoms with E-state index in [9.17, 15) is 35.4 Å². The molecule has 194 valence electrons. The number of amides is 1. The number of rotatable bonds is 15. The van der Waals surface area contributed by atoms with Crippen LogP contribution >= 0.6 is 0 Å². The van der Waals surface area contributed by atoms with Crippen molar-refractivity contribution in [3.05, 3.63) is 35.9 Å². The van der Waals surface area contributed by atoms with Gasteiger partial charge in [0.05, 0.1) is 32.0 Å². The van der Waals surface area contributed by atoms with Crippen molar-refractivity contribution in [2.24, 2.45) is 0 Å². The van der Waals surface area contributed by atoms with Crippen LogP contribution in [0, 0.1) is 0 Å². The van der Waals surface area contributed by atoms with Crippen molar-refractivity contribution < 1.29 is 44.9 Å². The predicted molar refractivity (Wildman–Crippen MR) is 123 cm³/mol. The smallest absolute Gasteiger partial charge is 0.220 e. The molecule has 7 N–H and O–H groups in total. The van der Waals surface area contributed by atoms with Crippen LogP contribution in [-0.4, -0.2) is 99.2 Å². The second-order valence-electron chi connectivity index (χ2n) is 8.71. The summed E-state index contributed by atoms with van der Waals surface area (Å²) in [5, 5.41) is 60.9. The molecule has 34 heavy (non-hydrogen) atoms. The fraction of sp³-hybridized carbons (Fsp3) is 0.708. The quantitative estimate of drug-likeness (QED) is 0.158. The third-order valence-electron chi connectivity index (χ3n) is 6.00. The van der Waals surface area contributed by atoms with Crippen LogP contribution in [0.4, 0.5) is 0 Å². The lowest BCUT2D eigenvalue weighted by atomic mass is 9.99. The maximum atomic E-state index is 12.3. The lowest BCUT2D eigenvalue weighted by Crippen LogP contribution is -2.60. The lowest BCUT2D eigenvalue weighted by molar-refractivity contribution is -0.302. The van der Waals surface area contributed by atoms with Gasteiger partial charge in [0.25, 0.3) is 0 Å². The summed E-state index contributed by atoms with van der Waals surface area (Å²) in [5.41, 5.74) is 1.32. The number of unbranched alkanes of at least 4 members (excludes halogenated alkanes) is 4. The summed E-state index contributed by atoms with van der Waals surface area (Å²) in [6.07, 6.45) is -2.48. The molecule has 1 aromatic rings. The van der Waals surface area contributed by atoms with E-state index in [1.165, 1.54) is 5.56 Å². The molecule has 1 heterocycles. The van der Waals surface area contributed by atoms with Gasteiger partial charge >= 0.3 is 0 Å². The Labute approximate surface area is 200 Å². The molecule has 10 nitrogen and oxygen atoms in total. The van der Waals surface area contributed by atoms with Gasteiger partial charge in [-0.2, -0.15) is 0 Å². The summed E-state index contributed by atoms with van der Waals surface area (Å²) in [4.78, 5) is 12.3. The van der Waals surface area contributed by atoms with Crippen LogP contribution in [-0.2, 0) is 20.7 Å². The summed E-state index contributed by atoms with van der Waals surface area (Å²) >= 11 is 0. The molecule has 0 aliphatic carbocycles. The number of aliphatic hydroxyl groups excluding tert-OH is 6. The van der Waals surface area contributed by atoms with E-state index in [2.05, 4.69) is 17.4 Å². The first-order valence-electron chi connectivity index (χ1n) is 11.9. The van der Waals surface area contributed by atoms with Gasteiger partial charge in [0.2, 0.25) is 5.91 Å². The SMILES string of the molecule is O=C(CCCCCCCc1ccccc1)N[C@@H](COC1OC(CO)C(O)C(O)C1O)[C@H](O)CO. The topological polar surface area (TPSA) is 169 Å². The van der Waals surface area contributed by atoms with E-state index in [4.69, 9.17) is 9.47 Å². The van der Waals surface area contributed by atoms with E-state index in [0.717, 1.165) is 32.1 Å². The average molecular weight is 486 g/mol. The van der Waals surface area contributed by atoms with E-state index in [1.807, 2.05) is 18.2 Å². The fourth-order valence-electron chi connectivity index (χ4n) is 3.85. The van der Waals surface area contributed by atoms with Crippen LogP contribution in [0.25, 0.3) is 0 Å². The number of carbonyl (C=O) groups is 1. The van der Waals surface area contributed by atoms with Gasteiger partial charge in [-0.3, -0.25) is 4.79 Å². The lowest BCUT2D eigenvalue weighted by Gasteiger charge is -2.40. The van der Waals surface area contributed by atoms with Crippen LogP contribution in [0.2, 0.25) is 0 Å². The Morgan fingerprint density at radius 2 is 1.65 bits per heavy atom. The number of aryl methyl sites for hydroxylation is 1. The molecular formula is C24H39NO9. The highest BCUT2D eigenvalue weighted by Crippen LogP contribution is 2.22. The number of benzene rings is 1. The molecule has 1 saturated heterocycles. The molecule has 0 radical (unpaired) electrons. The molecule has 1 aromatic carbocycles. The van der Waals surface area contributed by atoms with E-state index in [-0.39, 0.29) is 18.9 Å². The van der Waals surface area contributed by atoms with Crippen molar-refractivity contribution in [3.8, 4) is 0 Å². The minimum atomic E-state index is -1.60. The normalized spacial score (nSPS) is 26.7. The molecule has 1 fully saturated rings. The molecule has 0 saturated carbocycles. The Bertz CT molecular complexity index is 690. The van der Waals surface area contributed by atoms with Gasteiger partial charge in [-0.15, -0.1) is 0 Å². The van der Waals surface area contributed by atoms with Gasteiger partial charge in [0.15, 0.2) is 6.29 Å². The van der Waals surface area contributed by atoms with Gasteiger partial charge < -0.3 is 45.4 Å². The number of hydrogen-bond acceptors (Lipinski definition) is 9. The standard InChI is InChI=1S/C24H39NO9/c26-13-18(28)17(15-33-24-23(32)22(31)21(30)19(14-27)34-24)25-20(29)12-8-3-1-2-5-9-16-10-6-4-7-11-16/h4,6-7,10-11,17-19,21-24,26-28,30-32H,1-3,5,8-9,12-15H2,(H,25,29)/t17-,18+,19?,21?,22?,23?,24?/m0/s1. The molecule has 0 bridgehead atoms. The number of carbonyl (C=O) groups excluding carboxylic acids is 1. The highest BCUT2D eigenvalue weighted by molar-refractivity contribution is 5.76. The molecule has 2 rings (SSSR count). The highest BCUT2D eigenvalue weighted by atomic mass is 16.7. The number of hydrogen-bond donors (Lipinski definition) is 7. The van der Waals surface area contributed by atoms with E-state index >= 15 is 0 Å². The second-order valence-corrected chi connectivity index (χ2v) is 8.71. The number of aliphatic hydroxyl groups is 6. The van der Waals surface area contributed by atoms with Gasteiger partial charge in [-0.25, -0.2) is 0 Å². The Hall–Kier alpha value is -1.63. The summed E-state index contributed by atoms with van der Waals surface area (Å²) in [5.74, 6) is -0.306. The first kappa shape index (κ1) is 28.6. The largest absolute Gasteiger partial charge is 0.394 e. The molecule has 5 unspecified atom stereocenters. The maximum Gasteiger partial charge on any atom is 0.220 e. The molecular weight excluding hydrogens is 446 g/mol. The Morgan fingerprint density at radius 1 is 0.971 bits per heavy atom. The Morgan fingerprint density at radius 3 is 2.32 bits per heavy atom. The third-order valence-corrected chi connectivity index (χ3v) is 6.00. The van der Waals surface area contributed by atoms with Crippen LogP contribution < -0.4 is 5.32 Å². The van der Waals surface area contributed by atoms with Gasteiger partial charge in [-0.05, 0) is 24.8 Å². The van der Waals surface area contributed by atoms with Gasteiger partial charge in [-0.1, -0.05) is 49.6 Å². The molecule has 1 aliphatic rings. The Kier molecular flexibility index (Phi) is 12.9. The third kappa shape index (κ3) is 9.20. The predicted octanol–water partition coefficient (Wildman–Crippen LogP) is -0.776. The van der Waals surface area contributed by atoms with Gasteiger partial charge in [0, 0.05) is 6.42 Å². The van der Waals surface area contributed by atoms with E-state index < -0.39 is 56.1 Å². The fourth-order valence-corrected chi connectivity index (χ4v) is 3.85. The summed E-state index contributed by atoms with van der Waals surface area (Å²) in [7, 11) is 0. The van der Waals surface area contributed by atoms with Crippen molar-refractivity contribution >= 4 is 5.91 Å². The first-order chi connectivity index (χ1) is 16.4. The van der Waals surface area contributed by atoms with E-state index in [1.54, 1.807) is 0 Å². The van der Waals surface area contributed by atoms with Crippen molar-refractivity contribution in [1.29, 1.82) is 0 Å². The minimum absolute atomic E-state index is 0.257. The Balaban J connectivity index is 1.68. The van der Waals surface area contributed by atoms with Crippen molar-refractivity contribution in [2.45, 2.75) is 87.8 Å². The van der Waals surface area contributed by atoms with Crippen molar-refractivity contribution in [3.63, 3.8) is 0 Å². The molecule has 10 heteroatoms. The molecule has 1 aliphatic heterocycles. The molecule has 1 amide bonds. The van der Waals surface area contributed by atoms with Crippen LogP contribution in [0.1, 0.15) is 44.1 Å². The zero-order chi connectivity index (χ0) is 24.9. The van der Waals surface area contributed by atoms with E-state index in [0.29, 0.717) is 6.42 Å². The second kappa shape index (κ2) is 15.4. The van der Waals surface area contributed by atoms with Crippen LogP contribution in [0.3, 0.4) is 0 Å². The monoisotopic (exact) mass is 485 g/mol. The molecule has 7 atom stereocenters. The zero-order valence-electron chi connectivity index (χ0n) is 19.4. The summed E-state index contributed by atoms with van der Waals surface area (Å²) in [6, 6.07) is 9.32. The summed E-state index contributed by atoms with van der Waals surface area (Å²) in [6.45, 7) is -1.55. The number of ether oxygens (including phenoxy) is 2. The maximum absolute atomic E-state index is 12.3. The van der Waals surface area contributed by atoms with Crippen molar-refractivity contribution in [1.82, 2.24) is 5.32 Å². The van der Waals surface area contributed by atoms with Crippen LogP contribution in [0.5, 0.6) is 0 Å². The molecule has 0 aromatic heterocycles. The first-order valence-corrected chi connectivity index (χ1v) is 11.9. The zero-order valence-corrected chi connectivity index (χ0v) is 19.4. The highest BCUT2D eigenvalue weighted by Gasteiger charge is 2.44. The molecule has 0 spiro atoms. The average Bonchev–Trinajstić information content (AvgIpc) is 2.85. The number of nitrogens with one attached hydrogen (secondary N) is 1. The minimum Gasteiger partial charge on any atom is -0.394 e. The summed E-state index contributed by atoms with van der Waals surface area (Å²) < 4.78 is 10.6. The van der Waals surface area contributed by atoms with Crippen molar-refractivity contribution in [2.75, 3.05) is 19.8 Å². The van der Waals surface area contributed by atoms with Gasteiger partial charge in [0.1, 0.15) is 24.4 Å².